The number of nitrogens with one attached hydrogen (secondary N) is 1. The number of nitrogens with two attached hydrogens (primary N) is 1. The predicted molar refractivity (Wildman–Crippen MR) is 68.2 cm³/mol. The molecule has 1 unspecified atom stereocenters. The Labute approximate surface area is 103 Å². The highest BCUT2D eigenvalue weighted by atomic mass is 79.9. The minimum Gasteiger partial charge on any atom is -0.341 e. The Morgan fingerprint density at radius 1 is 1.56 bits per heavy atom. The summed E-state index contributed by atoms with van der Waals surface area (Å²) in [6.07, 6.45) is 4.65. The second-order valence-electron chi connectivity index (χ2n) is 3.96. The lowest BCUT2D eigenvalue weighted by Gasteiger charge is -2.06. The van der Waals surface area contributed by atoms with Gasteiger partial charge in [-0.05, 0) is 28.4 Å². The molecule has 0 fully saturated rings. The van der Waals surface area contributed by atoms with Crippen LogP contribution in [0, 0.1) is 0 Å². The van der Waals surface area contributed by atoms with Crippen molar-refractivity contribution in [3.8, 4) is 0 Å². The van der Waals surface area contributed by atoms with Crippen LogP contribution in [-0.4, -0.2) is 21.0 Å². The summed E-state index contributed by atoms with van der Waals surface area (Å²) in [6.45, 7) is 2.14. The van der Waals surface area contributed by atoms with Crippen LogP contribution in [-0.2, 0) is 6.42 Å². The predicted octanol–water partition coefficient (Wildman–Crippen LogP) is 2.39. The van der Waals surface area contributed by atoms with Gasteiger partial charge in [0.15, 0.2) is 5.65 Å². The number of aromatic nitrogens is 3. The van der Waals surface area contributed by atoms with Gasteiger partial charge in [0.1, 0.15) is 5.82 Å². The first-order chi connectivity index (χ1) is 7.69. The van der Waals surface area contributed by atoms with Crippen molar-refractivity contribution in [2.24, 2.45) is 5.73 Å². The number of H-pyrrole nitrogens is 1. The molecule has 2 heterocycles. The molecule has 0 saturated carbocycles. The Kier molecular flexibility index (Phi) is 3.56. The zero-order chi connectivity index (χ0) is 11.5. The Balaban J connectivity index is 2.19. The van der Waals surface area contributed by atoms with Crippen molar-refractivity contribution < 1.29 is 0 Å². The van der Waals surface area contributed by atoms with Crippen LogP contribution in [0.4, 0.5) is 0 Å². The summed E-state index contributed by atoms with van der Waals surface area (Å²) in [5.41, 5.74) is 7.68. The van der Waals surface area contributed by atoms with E-state index < -0.39 is 0 Å². The SMILES string of the molecule is CCCC(N)Cc1nc2ncc(Br)cc2[nH]1. The third-order valence-electron chi connectivity index (χ3n) is 2.47. The molecule has 0 bridgehead atoms. The van der Waals surface area contributed by atoms with E-state index in [1.54, 1.807) is 6.20 Å². The van der Waals surface area contributed by atoms with Crippen LogP contribution in [0.1, 0.15) is 25.6 Å². The molecule has 3 N–H and O–H groups in total. The molecule has 0 amide bonds. The molecule has 0 aliphatic heterocycles. The zero-order valence-electron chi connectivity index (χ0n) is 9.20. The summed E-state index contributed by atoms with van der Waals surface area (Å²) in [4.78, 5) is 11.9. The minimum atomic E-state index is 0.175. The van der Waals surface area contributed by atoms with Gasteiger partial charge in [0.05, 0.1) is 5.52 Å². The number of imidazole rings is 1. The standard InChI is InChI=1S/C11H15BrN4/c1-2-3-8(13)5-10-15-9-4-7(12)6-14-11(9)16-10/h4,6,8H,2-3,5,13H2,1H3,(H,14,15,16). The van der Waals surface area contributed by atoms with Crippen molar-refractivity contribution in [2.45, 2.75) is 32.2 Å². The number of hydrogen-bond acceptors (Lipinski definition) is 3. The number of pyridine rings is 1. The first kappa shape index (κ1) is 11.5. The lowest BCUT2D eigenvalue weighted by Crippen LogP contribution is -2.22. The number of fused-ring (bicyclic) bond motifs is 1. The van der Waals surface area contributed by atoms with Gasteiger partial charge in [0, 0.05) is 23.1 Å². The summed E-state index contributed by atoms with van der Waals surface area (Å²) in [5.74, 6) is 0.918. The summed E-state index contributed by atoms with van der Waals surface area (Å²) < 4.78 is 0.952. The van der Waals surface area contributed by atoms with Crippen LogP contribution < -0.4 is 5.73 Å². The fraction of sp³-hybridized carbons (Fsp3) is 0.455. The topological polar surface area (TPSA) is 67.6 Å². The van der Waals surface area contributed by atoms with Crippen LogP contribution in [0.15, 0.2) is 16.7 Å². The van der Waals surface area contributed by atoms with E-state index in [9.17, 15) is 0 Å². The second-order valence-corrected chi connectivity index (χ2v) is 4.88. The zero-order valence-corrected chi connectivity index (χ0v) is 10.8. The lowest BCUT2D eigenvalue weighted by molar-refractivity contribution is 0.588. The minimum absolute atomic E-state index is 0.175. The van der Waals surface area contributed by atoms with Crippen molar-refractivity contribution >= 4 is 27.1 Å². The molecule has 16 heavy (non-hydrogen) atoms. The van der Waals surface area contributed by atoms with E-state index in [4.69, 9.17) is 5.73 Å². The normalized spacial score (nSPS) is 13.2. The molecule has 86 valence electrons. The summed E-state index contributed by atoms with van der Waals surface area (Å²) in [5, 5.41) is 0. The van der Waals surface area contributed by atoms with Crippen molar-refractivity contribution in [2.75, 3.05) is 0 Å². The van der Waals surface area contributed by atoms with Crippen molar-refractivity contribution in [3.05, 3.63) is 22.6 Å². The fourth-order valence-corrected chi connectivity index (χ4v) is 2.07. The molecular formula is C11H15BrN4. The van der Waals surface area contributed by atoms with Gasteiger partial charge in [-0.15, -0.1) is 0 Å². The van der Waals surface area contributed by atoms with E-state index in [0.717, 1.165) is 40.7 Å². The van der Waals surface area contributed by atoms with Gasteiger partial charge < -0.3 is 10.7 Å². The molecule has 2 rings (SSSR count). The van der Waals surface area contributed by atoms with Gasteiger partial charge in [-0.1, -0.05) is 13.3 Å². The average Bonchev–Trinajstić information content (AvgIpc) is 2.59. The van der Waals surface area contributed by atoms with E-state index in [2.05, 4.69) is 37.8 Å². The highest BCUT2D eigenvalue weighted by Gasteiger charge is 2.08. The van der Waals surface area contributed by atoms with Gasteiger partial charge in [0.25, 0.3) is 0 Å². The first-order valence-corrected chi connectivity index (χ1v) is 6.24. The first-order valence-electron chi connectivity index (χ1n) is 5.44. The number of rotatable bonds is 4. The van der Waals surface area contributed by atoms with Crippen molar-refractivity contribution in [1.82, 2.24) is 15.0 Å². The number of nitrogens with zero attached hydrogens (tertiary/aromatic N) is 2. The number of aromatic amines is 1. The van der Waals surface area contributed by atoms with Crippen LogP contribution in [0.2, 0.25) is 0 Å². The Morgan fingerprint density at radius 3 is 3.12 bits per heavy atom. The molecule has 0 radical (unpaired) electrons. The molecule has 0 aliphatic carbocycles. The maximum Gasteiger partial charge on any atom is 0.177 e. The monoisotopic (exact) mass is 282 g/mol. The number of halogens is 1. The molecule has 1 atom stereocenters. The largest absolute Gasteiger partial charge is 0.341 e. The molecular weight excluding hydrogens is 268 g/mol. The van der Waals surface area contributed by atoms with E-state index in [-0.39, 0.29) is 6.04 Å². The maximum absolute atomic E-state index is 5.98. The van der Waals surface area contributed by atoms with Crippen LogP contribution in [0.25, 0.3) is 11.2 Å². The molecule has 2 aromatic rings. The highest BCUT2D eigenvalue weighted by molar-refractivity contribution is 9.10. The van der Waals surface area contributed by atoms with Gasteiger partial charge in [-0.3, -0.25) is 0 Å². The second kappa shape index (κ2) is 4.93. The smallest absolute Gasteiger partial charge is 0.177 e. The molecule has 2 aromatic heterocycles. The van der Waals surface area contributed by atoms with Gasteiger partial charge in [-0.25, -0.2) is 9.97 Å². The van der Waals surface area contributed by atoms with Crippen LogP contribution in [0.3, 0.4) is 0 Å². The molecule has 4 nitrogen and oxygen atoms in total. The average molecular weight is 283 g/mol. The number of hydrogen-bond donors (Lipinski definition) is 2. The van der Waals surface area contributed by atoms with Crippen LogP contribution in [0.5, 0.6) is 0 Å². The van der Waals surface area contributed by atoms with Gasteiger partial charge in [-0.2, -0.15) is 0 Å². The third-order valence-corrected chi connectivity index (χ3v) is 2.90. The van der Waals surface area contributed by atoms with E-state index in [1.807, 2.05) is 6.07 Å². The van der Waals surface area contributed by atoms with Crippen molar-refractivity contribution in [3.63, 3.8) is 0 Å². The Bertz CT molecular complexity index is 480. The Hall–Kier alpha value is -0.940. The Morgan fingerprint density at radius 2 is 2.38 bits per heavy atom. The van der Waals surface area contributed by atoms with Gasteiger partial charge >= 0.3 is 0 Å². The molecule has 0 aromatic carbocycles. The highest BCUT2D eigenvalue weighted by Crippen LogP contribution is 2.15. The summed E-state index contributed by atoms with van der Waals surface area (Å²) >= 11 is 3.38. The van der Waals surface area contributed by atoms with Crippen LogP contribution >= 0.6 is 15.9 Å². The molecule has 5 heteroatoms. The quantitative estimate of drug-likeness (QED) is 0.905. The van der Waals surface area contributed by atoms with E-state index in [0.29, 0.717) is 0 Å². The summed E-state index contributed by atoms with van der Waals surface area (Å²) in [7, 11) is 0. The van der Waals surface area contributed by atoms with E-state index in [1.165, 1.54) is 0 Å². The third kappa shape index (κ3) is 2.59. The van der Waals surface area contributed by atoms with Gasteiger partial charge in [0.2, 0.25) is 0 Å². The van der Waals surface area contributed by atoms with Crippen molar-refractivity contribution in [1.29, 1.82) is 0 Å². The molecule has 0 saturated heterocycles. The molecule has 0 spiro atoms. The van der Waals surface area contributed by atoms with E-state index >= 15 is 0 Å². The summed E-state index contributed by atoms with van der Waals surface area (Å²) in [6, 6.07) is 2.15. The lowest BCUT2D eigenvalue weighted by atomic mass is 10.1. The maximum atomic E-state index is 5.98. The molecule has 0 aliphatic rings. The fourth-order valence-electron chi connectivity index (χ4n) is 1.74.